The highest BCUT2D eigenvalue weighted by Gasteiger charge is 2.37. The van der Waals surface area contributed by atoms with Crippen LogP contribution in [0.15, 0.2) is 47.2 Å². The average molecular weight is 409 g/mol. The lowest BCUT2D eigenvalue weighted by molar-refractivity contribution is -0.145. The second kappa shape index (κ2) is 5.51. The van der Waals surface area contributed by atoms with Crippen LogP contribution < -0.4 is 0 Å². The van der Waals surface area contributed by atoms with Crippen molar-refractivity contribution in [3.8, 4) is 11.1 Å². The van der Waals surface area contributed by atoms with Gasteiger partial charge in [0.2, 0.25) is 5.82 Å². The van der Waals surface area contributed by atoms with Gasteiger partial charge in [-0.05, 0) is 45.3 Å². The second-order valence-corrected chi connectivity index (χ2v) is 5.72. The third-order valence-corrected chi connectivity index (χ3v) is 3.97. The molecule has 1 aromatic carbocycles. The molecule has 0 spiro atoms. The highest BCUT2D eigenvalue weighted by molar-refractivity contribution is 9.10. The first-order valence-electron chi connectivity index (χ1n) is 6.50. The van der Waals surface area contributed by atoms with Crippen LogP contribution >= 0.6 is 15.9 Å². The van der Waals surface area contributed by atoms with Crippen LogP contribution in [0.1, 0.15) is 11.4 Å². The minimum Gasteiger partial charge on any atom is -0.294 e. The van der Waals surface area contributed by atoms with Gasteiger partial charge in [-0.25, -0.2) is 4.98 Å². The van der Waals surface area contributed by atoms with E-state index in [2.05, 4.69) is 20.9 Å². The number of hydrogen-bond acceptors (Lipinski definition) is 1. The van der Waals surface area contributed by atoms with E-state index in [4.69, 9.17) is 0 Å². The number of halogens is 7. The Hall–Kier alpha value is -2.03. The molecule has 24 heavy (non-hydrogen) atoms. The molecule has 0 aliphatic carbocycles. The number of nitrogens with zero attached hydrogens (tertiary/aromatic N) is 2. The monoisotopic (exact) mass is 408 g/mol. The normalized spacial score (nSPS) is 12.8. The van der Waals surface area contributed by atoms with Crippen molar-refractivity contribution in [3.05, 3.63) is 58.6 Å². The molecule has 126 valence electrons. The summed E-state index contributed by atoms with van der Waals surface area (Å²) in [5.74, 6) is -1.11. The first-order chi connectivity index (χ1) is 11.1. The Balaban J connectivity index is 2.11. The number of alkyl halides is 6. The Labute approximate surface area is 139 Å². The molecule has 2 heterocycles. The van der Waals surface area contributed by atoms with E-state index in [-0.39, 0.29) is 10.1 Å². The lowest BCUT2D eigenvalue weighted by Crippen LogP contribution is -2.10. The van der Waals surface area contributed by atoms with Crippen molar-refractivity contribution in [1.29, 1.82) is 0 Å². The van der Waals surface area contributed by atoms with Crippen LogP contribution in [-0.4, -0.2) is 9.38 Å². The first-order valence-corrected chi connectivity index (χ1v) is 7.29. The molecule has 0 N–H and O–H groups in total. The maximum atomic E-state index is 13.0. The molecule has 0 aliphatic heterocycles. The third kappa shape index (κ3) is 3.00. The molecule has 0 aliphatic rings. The van der Waals surface area contributed by atoms with Crippen LogP contribution in [0.4, 0.5) is 26.3 Å². The van der Waals surface area contributed by atoms with Crippen molar-refractivity contribution in [3.63, 3.8) is 0 Å². The number of fused-ring (bicyclic) bond motifs is 1. The van der Waals surface area contributed by atoms with Gasteiger partial charge in [0.15, 0.2) is 0 Å². The molecule has 2 nitrogen and oxygen atoms in total. The quantitative estimate of drug-likeness (QED) is 0.465. The second-order valence-electron chi connectivity index (χ2n) is 4.97. The number of benzene rings is 1. The molecular weight excluding hydrogens is 402 g/mol. The van der Waals surface area contributed by atoms with E-state index < -0.39 is 23.7 Å². The summed E-state index contributed by atoms with van der Waals surface area (Å²) in [7, 11) is 0. The molecule has 3 rings (SSSR count). The van der Waals surface area contributed by atoms with E-state index in [1.165, 1.54) is 30.5 Å². The molecule has 0 unspecified atom stereocenters. The minimum absolute atomic E-state index is 0.0359. The first kappa shape index (κ1) is 16.8. The van der Waals surface area contributed by atoms with Gasteiger partial charge in [0.25, 0.3) is 0 Å². The Kier molecular flexibility index (Phi) is 3.86. The molecule has 0 atom stereocenters. The maximum absolute atomic E-state index is 13.0. The van der Waals surface area contributed by atoms with Gasteiger partial charge in [-0.15, -0.1) is 0 Å². The molecule has 3 aromatic rings. The molecular formula is C15H7BrF6N2. The van der Waals surface area contributed by atoms with E-state index in [0.717, 1.165) is 16.5 Å². The predicted molar refractivity (Wildman–Crippen MR) is 78.3 cm³/mol. The van der Waals surface area contributed by atoms with E-state index in [1.54, 1.807) is 0 Å². The van der Waals surface area contributed by atoms with Crippen LogP contribution in [-0.2, 0) is 12.4 Å². The summed E-state index contributed by atoms with van der Waals surface area (Å²) in [6, 6.07) is 7.12. The zero-order valence-corrected chi connectivity index (χ0v) is 13.2. The van der Waals surface area contributed by atoms with Crippen LogP contribution in [0.5, 0.6) is 0 Å². The van der Waals surface area contributed by atoms with E-state index in [1.807, 2.05) is 0 Å². The highest BCUT2D eigenvalue weighted by atomic mass is 79.9. The fourth-order valence-corrected chi connectivity index (χ4v) is 2.76. The van der Waals surface area contributed by atoms with Crippen molar-refractivity contribution in [2.24, 2.45) is 0 Å². The summed E-state index contributed by atoms with van der Waals surface area (Å²) in [5.41, 5.74) is 0.0844. The van der Waals surface area contributed by atoms with Crippen molar-refractivity contribution in [2.45, 2.75) is 12.4 Å². The topological polar surface area (TPSA) is 17.3 Å². The number of hydrogen-bond donors (Lipinski definition) is 0. The van der Waals surface area contributed by atoms with Gasteiger partial charge in [-0.1, -0.05) is 18.2 Å². The van der Waals surface area contributed by atoms with Gasteiger partial charge in [-0.2, -0.15) is 26.3 Å². The number of rotatable bonds is 1. The lowest BCUT2D eigenvalue weighted by atomic mass is 10.1. The van der Waals surface area contributed by atoms with E-state index >= 15 is 0 Å². The molecule has 0 radical (unpaired) electrons. The summed E-state index contributed by atoms with van der Waals surface area (Å²) in [6.45, 7) is 0. The zero-order chi connectivity index (χ0) is 17.7. The van der Waals surface area contributed by atoms with Crippen LogP contribution in [0, 0.1) is 0 Å². The van der Waals surface area contributed by atoms with E-state index in [9.17, 15) is 26.3 Å². The van der Waals surface area contributed by atoms with Gasteiger partial charge in [0, 0.05) is 6.20 Å². The molecule has 0 bridgehead atoms. The van der Waals surface area contributed by atoms with Crippen LogP contribution in [0.25, 0.3) is 16.6 Å². The number of aromatic nitrogens is 2. The molecule has 0 amide bonds. The van der Waals surface area contributed by atoms with E-state index in [0.29, 0.717) is 11.1 Å². The minimum atomic E-state index is -4.66. The van der Waals surface area contributed by atoms with Gasteiger partial charge < -0.3 is 0 Å². The largest absolute Gasteiger partial charge is 0.450 e. The Bertz CT molecular complexity index is 893. The standard InChI is InChI=1S/C15H7BrF6N2/c16-12-11-6-3-9(7-24(11)13(23-12)15(20,21)22)8-1-4-10(5-2-8)14(17,18)19/h1-7H. The molecule has 0 saturated heterocycles. The summed E-state index contributed by atoms with van der Waals surface area (Å²) < 4.78 is 77.7. The number of imidazole rings is 1. The van der Waals surface area contributed by atoms with Crippen LogP contribution in [0.3, 0.4) is 0 Å². The Morgan fingerprint density at radius 2 is 1.38 bits per heavy atom. The number of pyridine rings is 1. The summed E-state index contributed by atoms with van der Waals surface area (Å²) >= 11 is 2.97. The van der Waals surface area contributed by atoms with Gasteiger partial charge in [0.05, 0.1) is 11.1 Å². The average Bonchev–Trinajstić information content (AvgIpc) is 2.83. The molecule has 0 saturated carbocycles. The highest BCUT2D eigenvalue weighted by Crippen LogP contribution is 2.34. The smallest absolute Gasteiger partial charge is 0.294 e. The summed E-state index contributed by atoms with van der Waals surface area (Å²) in [4.78, 5) is 3.45. The van der Waals surface area contributed by atoms with Crippen molar-refractivity contribution < 1.29 is 26.3 Å². The maximum Gasteiger partial charge on any atom is 0.450 e. The fraction of sp³-hybridized carbons (Fsp3) is 0.133. The lowest BCUT2D eigenvalue weighted by Gasteiger charge is -2.09. The Morgan fingerprint density at radius 1 is 0.792 bits per heavy atom. The van der Waals surface area contributed by atoms with Gasteiger partial charge in [0.1, 0.15) is 4.60 Å². The summed E-state index contributed by atoms with van der Waals surface area (Å²) in [6.07, 6.45) is -7.94. The third-order valence-electron chi connectivity index (χ3n) is 3.39. The van der Waals surface area contributed by atoms with Gasteiger partial charge >= 0.3 is 12.4 Å². The zero-order valence-electron chi connectivity index (χ0n) is 11.6. The summed E-state index contributed by atoms with van der Waals surface area (Å²) in [5, 5.41) is 0. The van der Waals surface area contributed by atoms with Crippen molar-refractivity contribution >= 4 is 21.4 Å². The molecule has 2 aromatic heterocycles. The van der Waals surface area contributed by atoms with Crippen molar-refractivity contribution in [1.82, 2.24) is 9.38 Å². The SMILES string of the molecule is FC(F)(F)c1ccc(-c2ccc3c(Br)nc(C(F)(F)F)n3c2)cc1. The Morgan fingerprint density at radius 3 is 1.92 bits per heavy atom. The molecule has 9 heteroatoms. The fourth-order valence-electron chi connectivity index (χ4n) is 2.27. The molecule has 0 fully saturated rings. The van der Waals surface area contributed by atoms with Crippen molar-refractivity contribution in [2.75, 3.05) is 0 Å². The van der Waals surface area contributed by atoms with Gasteiger partial charge in [-0.3, -0.25) is 4.40 Å². The van der Waals surface area contributed by atoms with Crippen LogP contribution in [0.2, 0.25) is 0 Å². The predicted octanol–water partition coefficient (Wildman–Crippen LogP) is 5.80.